The van der Waals surface area contributed by atoms with Crippen molar-refractivity contribution < 1.29 is 38.2 Å². The van der Waals surface area contributed by atoms with Crippen molar-refractivity contribution in [3.8, 4) is 5.88 Å². The second-order valence-corrected chi connectivity index (χ2v) is 3.29. The Morgan fingerprint density at radius 2 is 1.81 bits per heavy atom. The van der Waals surface area contributed by atoms with Gasteiger partial charge in [-0.2, -0.15) is 0 Å². The summed E-state index contributed by atoms with van der Waals surface area (Å²) in [4.78, 5) is 26.6. The Labute approximate surface area is 114 Å². The highest BCUT2D eigenvalue weighted by atomic mass is 19.3. The van der Waals surface area contributed by atoms with Crippen LogP contribution in [0.3, 0.4) is 0 Å². The third kappa shape index (κ3) is 4.81. The van der Waals surface area contributed by atoms with Crippen LogP contribution in [0.5, 0.6) is 5.88 Å². The van der Waals surface area contributed by atoms with Crippen LogP contribution in [0.25, 0.3) is 0 Å². The fourth-order valence-corrected chi connectivity index (χ4v) is 0.928. The van der Waals surface area contributed by atoms with Gasteiger partial charge in [-0.3, -0.25) is 4.98 Å². The summed E-state index contributed by atoms with van der Waals surface area (Å²) < 4.78 is 27.8. The number of carbonyl (C=O) groups is 2. The highest BCUT2D eigenvalue weighted by Crippen LogP contribution is 2.14. The zero-order valence-corrected chi connectivity index (χ0v) is 9.97. The van der Waals surface area contributed by atoms with Crippen molar-refractivity contribution in [3.05, 3.63) is 35.6 Å². The van der Waals surface area contributed by atoms with E-state index in [0.29, 0.717) is 0 Å². The minimum absolute atomic E-state index is 0.348. The third-order valence-corrected chi connectivity index (χ3v) is 1.82. The zero-order chi connectivity index (χ0) is 16.0. The maximum Gasteiger partial charge on any atom is 0.374 e. The van der Waals surface area contributed by atoms with Gasteiger partial charge in [-0.05, 0) is 5.16 Å². The van der Waals surface area contributed by atoms with E-state index in [2.05, 4.69) is 19.6 Å². The van der Waals surface area contributed by atoms with Crippen LogP contribution in [0.2, 0.25) is 0 Å². The van der Waals surface area contributed by atoms with Crippen molar-refractivity contribution in [2.24, 2.45) is 0 Å². The molecule has 0 fully saturated rings. The first-order valence-corrected chi connectivity index (χ1v) is 5.03. The molecule has 2 rings (SSSR count). The molecule has 3 N–H and O–H groups in total. The number of rotatable bonds is 3. The molecule has 0 aliphatic rings. The smallest absolute Gasteiger partial charge is 0.374 e. The Morgan fingerprint density at radius 3 is 2.10 bits per heavy atom. The van der Waals surface area contributed by atoms with Gasteiger partial charge in [0.2, 0.25) is 5.76 Å². The monoisotopic (exact) mass is 303 g/mol. The molecule has 21 heavy (non-hydrogen) atoms. The molecule has 0 saturated heterocycles. The van der Waals surface area contributed by atoms with Crippen molar-refractivity contribution >= 4 is 11.9 Å². The van der Waals surface area contributed by atoms with Gasteiger partial charge in [0, 0.05) is 0 Å². The largest absolute Gasteiger partial charge is 0.491 e. The summed E-state index contributed by atoms with van der Waals surface area (Å²) in [5.41, 5.74) is -0.876. The van der Waals surface area contributed by atoms with Crippen molar-refractivity contribution in [2.75, 3.05) is 0 Å². The summed E-state index contributed by atoms with van der Waals surface area (Å²) >= 11 is 0. The molecule has 0 saturated carbocycles. The Morgan fingerprint density at radius 1 is 1.14 bits per heavy atom. The summed E-state index contributed by atoms with van der Waals surface area (Å²) in [6.45, 7) is 0. The topological polar surface area (TPSA) is 147 Å². The quantitative estimate of drug-likeness (QED) is 0.760. The molecule has 0 aromatic carbocycles. The molecule has 0 aliphatic carbocycles. The Hall–Kier alpha value is -3.11. The van der Waals surface area contributed by atoms with Gasteiger partial charge in [0.25, 0.3) is 12.3 Å². The van der Waals surface area contributed by atoms with Gasteiger partial charge >= 0.3 is 11.9 Å². The molecule has 2 aromatic heterocycles. The zero-order valence-electron chi connectivity index (χ0n) is 9.97. The second-order valence-electron chi connectivity index (χ2n) is 3.29. The van der Waals surface area contributed by atoms with Crippen LogP contribution in [-0.4, -0.2) is 42.4 Å². The number of nitrogens with zero attached hydrogens (tertiary/aromatic N) is 3. The van der Waals surface area contributed by atoms with Crippen molar-refractivity contribution in [3.63, 3.8) is 0 Å². The first-order chi connectivity index (χ1) is 9.81. The number of carboxylic acid groups (broad SMARTS) is 2. The maximum atomic E-state index is 11.8. The average Bonchev–Trinajstić information content (AvgIpc) is 2.86. The first-order valence-electron chi connectivity index (χ1n) is 5.03. The molecule has 2 heterocycles. The summed E-state index contributed by atoms with van der Waals surface area (Å²) in [6, 6.07) is 0.919. The summed E-state index contributed by atoms with van der Waals surface area (Å²) in [5, 5.41) is 27.8. The van der Waals surface area contributed by atoms with Crippen LogP contribution in [0.1, 0.15) is 33.2 Å². The van der Waals surface area contributed by atoms with Gasteiger partial charge in [-0.15, -0.1) is 0 Å². The summed E-state index contributed by atoms with van der Waals surface area (Å²) in [7, 11) is 0. The predicted molar refractivity (Wildman–Crippen MR) is 59.1 cm³/mol. The second kappa shape index (κ2) is 6.88. The standard InChI is InChI=1S/C6H4F2N2O2.C4H3NO4/c7-5(8)3-1-10-4(2-9-3)6(11)12;6-3-1-2(4(7)8)9-5-3/h1-2,5H,(H,11,12);1H,(H,5,6)(H,7,8). The molecule has 0 bridgehead atoms. The first kappa shape index (κ1) is 15.9. The van der Waals surface area contributed by atoms with E-state index in [4.69, 9.17) is 15.3 Å². The van der Waals surface area contributed by atoms with Crippen LogP contribution >= 0.6 is 0 Å². The lowest BCUT2D eigenvalue weighted by Gasteiger charge is -1.96. The number of aromatic nitrogens is 3. The number of aromatic carboxylic acids is 2. The molecule has 0 aliphatic heterocycles. The molecule has 0 radical (unpaired) electrons. The predicted octanol–water partition coefficient (Wildman–Crippen LogP) is 1.19. The third-order valence-electron chi connectivity index (χ3n) is 1.82. The van der Waals surface area contributed by atoms with Gasteiger partial charge in [-0.25, -0.2) is 23.4 Å². The highest BCUT2D eigenvalue weighted by Gasteiger charge is 2.11. The number of carboxylic acids is 2. The summed E-state index contributed by atoms with van der Waals surface area (Å²) in [5.74, 6) is -3.33. The normalized spacial score (nSPS) is 9.86. The van der Waals surface area contributed by atoms with E-state index in [1.54, 1.807) is 0 Å². The van der Waals surface area contributed by atoms with E-state index >= 15 is 0 Å². The van der Waals surface area contributed by atoms with E-state index in [9.17, 15) is 18.4 Å². The van der Waals surface area contributed by atoms with Gasteiger partial charge in [-0.1, -0.05) is 0 Å². The number of aromatic hydroxyl groups is 1. The van der Waals surface area contributed by atoms with E-state index in [1.165, 1.54) is 0 Å². The minimum Gasteiger partial charge on any atom is -0.491 e. The lowest BCUT2D eigenvalue weighted by molar-refractivity contribution is 0.0649. The van der Waals surface area contributed by atoms with Crippen LogP contribution in [-0.2, 0) is 0 Å². The Balaban J connectivity index is 0.000000219. The molecule has 0 unspecified atom stereocenters. The van der Waals surface area contributed by atoms with Crippen LogP contribution in [0.15, 0.2) is 23.0 Å². The number of alkyl halides is 2. The van der Waals surface area contributed by atoms with Crippen LogP contribution in [0, 0.1) is 0 Å². The number of hydrogen-bond donors (Lipinski definition) is 3. The Kier molecular flexibility index (Phi) is 5.23. The van der Waals surface area contributed by atoms with Gasteiger partial charge in [0.15, 0.2) is 5.69 Å². The maximum absolute atomic E-state index is 11.8. The molecule has 2 aromatic rings. The van der Waals surface area contributed by atoms with Gasteiger partial charge in [0.05, 0.1) is 18.5 Å². The molecule has 0 amide bonds. The van der Waals surface area contributed by atoms with Crippen molar-refractivity contribution in [1.82, 2.24) is 15.1 Å². The van der Waals surface area contributed by atoms with E-state index < -0.39 is 29.9 Å². The molecular weight excluding hydrogens is 296 g/mol. The number of hydrogen-bond acceptors (Lipinski definition) is 7. The van der Waals surface area contributed by atoms with Crippen LogP contribution in [0.4, 0.5) is 8.78 Å². The molecule has 0 spiro atoms. The molecule has 112 valence electrons. The van der Waals surface area contributed by atoms with E-state index in [1.807, 2.05) is 0 Å². The number of halogens is 2. The molecule has 11 heteroatoms. The summed E-state index contributed by atoms with van der Waals surface area (Å²) in [6.07, 6.45) is -1.18. The molecule has 0 atom stereocenters. The minimum atomic E-state index is -2.72. The SMILES string of the molecule is O=C(O)c1cc(O)no1.O=C(O)c1cnc(C(F)F)cn1. The van der Waals surface area contributed by atoms with Crippen LogP contribution < -0.4 is 0 Å². The Bertz CT molecular complexity index is 628. The highest BCUT2D eigenvalue weighted by molar-refractivity contribution is 5.84. The van der Waals surface area contributed by atoms with Crippen molar-refractivity contribution in [1.29, 1.82) is 0 Å². The lowest BCUT2D eigenvalue weighted by Crippen LogP contribution is -2.02. The van der Waals surface area contributed by atoms with E-state index in [-0.39, 0.29) is 11.5 Å². The van der Waals surface area contributed by atoms with Gasteiger partial charge < -0.3 is 19.8 Å². The van der Waals surface area contributed by atoms with E-state index in [0.717, 1.165) is 18.5 Å². The average molecular weight is 303 g/mol. The lowest BCUT2D eigenvalue weighted by atomic mass is 10.4. The fraction of sp³-hybridized carbons (Fsp3) is 0.100. The molecule has 9 nitrogen and oxygen atoms in total. The fourth-order valence-electron chi connectivity index (χ4n) is 0.928. The van der Waals surface area contributed by atoms with Crippen molar-refractivity contribution in [2.45, 2.75) is 6.43 Å². The van der Waals surface area contributed by atoms with Gasteiger partial charge in [0.1, 0.15) is 5.69 Å². The molecular formula is C10H7F2N3O6.